The molecule has 36 heavy (non-hydrogen) atoms. The van der Waals surface area contributed by atoms with Crippen LogP contribution in [0.15, 0.2) is 88.9 Å². The van der Waals surface area contributed by atoms with Crippen LogP contribution in [-0.4, -0.2) is 33.1 Å². The quantitative estimate of drug-likeness (QED) is 0.299. The van der Waals surface area contributed by atoms with Crippen molar-refractivity contribution >= 4 is 28.3 Å². The first-order chi connectivity index (χ1) is 17.4. The fourth-order valence-corrected chi connectivity index (χ4v) is 5.00. The number of ether oxygens (including phenoxy) is 1. The number of hydrogen-bond donors (Lipinski definition) is 1. The van der Waals surface area contributed by atoms with Gasteiger partial charge in [0, 0.05) is 39.2 Å². The summed E-state index contributed by atoms with van der Waals surface area (Å²) in [5, 5.41) is 10.0. The number of halogens is 1. The lowest BCUT2D eigenvalue weighted by molar-refractivity contribution is 0.232. The maximum Gasteiger partial charge on any atom is 0.251 e. The van der Waals surface area contributed by atoms with E-state index in [2.05, 4.69) is 39.7 Å². The number of aliphatic hydroxyl groups is 1. The summed E-state index contributed by atoms with van der Waals surface area (Å²) in [5.74, 6) is 0.591. The average molecular weight is 591 g/mol. The van der Waals surface area contributed by atoms with Crippen LogP contribution in [0.4, 0.5) is 0 Å². The van der Waals surface area contributed by atoms with Crippen LogP contribution in [0.25, 0.3) is 11.1 Å². The SMILES string of the molecule is CC(C)Oc1ccc(C2=NCc3ccc(-c4ccn([C@H](CO)c5cccc(I)c5)c(=O)c4)cc32)cn1. The lowest BCUT2D eigenvalue weighted by atomic mass is 9.96. The van der Waals surface area contributed by atoms with Crippen LogP contribution in [0, 0.1) is 3.57 Å². The molecule has 3 heterocycles. The summed E-state index contributed by atoms with van der Waals surface area (Å²) in [7, 11) is 0. The Bertz CT molecular complexity index is 1490. The number of fused-ring (bicyclic) bond motifs is 1. The molecule has 4 aromatic rings. The summed E-state index contributed by atoms with van der Waals surface area (Å²) in [6, 6.07) is 21.0. The van der Waals surface area contributed by atoms with Crippen LogP contribution < -0.4 is 10.3 Å². The summed E-state index contributed by atoms with van der Waals surface area (Å²) < 4.78 is 8.30. The maximum atomic E-state index is 13.1. The highest BCUT2D eigenvalue weighted by atomic mass is 127. The number of aliphatic hydroxyl groups excluding tert-OH is 1. The largest absolute Gasteiger partial charge is 0.475 e. The number of benzene rings is 2. The number of pyridine rings is 2. The van der Waals surface area contributed by atoms with E-state index in [1.165, 1.54) is 0 Å². The summed E-state index contributed by atoms with van der Waals surface area (Å²) in [5.41, 5.74) is 6.51. The van der Waals surface area contributed by atoms with E-state index in [1.54, 1.807) is 23.0 Å². The van der Waals surface area contributed by atoms with E-state index < -0.39 is 6.04 Å². The van der Waals surface area contributed by atoms with E-state index in [0.717, 1.165) is 42.7 Å². The first-order valence-corrected chi connectivity index (χ1v) is 12.9. The van der Waals surface area contributed by atoms with Crippen LogP contribution in [0.1, 0.15) is 42.1 Å². The third-order valence-electron chi connectivity index (χ3n) is 6.16. The van der Waals surface area contributed by atoms with Crippen molar-refractivity contribution in [2.24, 2.45) is 4.99 Å². The van der Waals surface area contributed by atoms with Crippen LogP contribution in [0.5, 0.6) is 5.88 Å². The summed E-state index contributed by atoms with van der Waals surface area (Å²) in [6.45, 7) is 4.40. The summed E-state index contributed by atoms with van der Waals surface area (Å²) in [6.07, 6.45) is 3.62. The fraction of sp³-hybridized carbons (Fsp3) is 0.207. The predicted molar refractivity (Wildman–Crippen MR) is 150 cm³/mol. The molecule has 6 nitrogen and oxygen atoms in total. The van der Waals surface area contributed by atoms with Gasteiger partial charge in [0.1, 0.15) is 0 Å². The minimum absolute atomic E-state index is 0.0648. The number of hydrogen-bond acceptors (Lipinski definition) is 5. The normalized spacial score (nSPS) is 13.4. The monoisotopic (exact) mass is 591 g/mol. The second kappa shape index (κ2) is 10.4. The number of aromatic nitrogens is 2. The third kappa shape index (κ3) is 4.99. The average Bonchev–Trinajstić information content (AvgIpc) is 3.29. The van der Waals surface area contributed by atoms with E-state index in [4.69, 9.17) is 9.73 Å². The number of rotatable bonds is 7. The summed E-state index contributed by atoms with van der Waals surface area (Å²) in [4.78, 5) is 22.3. The van der Waals surface area contributed by atoms with Crippen molar-refractivity contribution in [3.8, 4) is 17.0 Å². The van der Waals surface area contributed by atoms with E-state index in [-0.39, 0.29) is 18.3 Å². The molecule has 182 valence electrons. The second-order valence-electron chi connectivity index (χ2n) is 9.00. The van der Waals surface area contributed by atoms with Crippen LogP contribution in [0.2, 0.25) is 0 Å². The van der Waals surface area contributed by atoms with E-state index in [1.807, 2.05) is 62.4 Å². The van der Waals surface area contributed by atoms with Crippen molar-refractivity contribution < 1.29 is 9.84 Å². The van der Waals surface area contributed by atoms with Crippen molar-refractivity contribution in [3.63, 3.8) is 0 Å². The fourth-order valence-electron chi connectivity index (χ4n) is 4.44. The van der Waals surface area contributed by atoms with Crippen LogP contribution >= 0.6 is 22.6 Å². The first-order valence-electron chi connectivity index (χ1n) is 11.8. The van der Waals surface area contributed by atoms with Crippen molar-refractivity contribution in [1.29, 1.82) is 0 Å². The Morgan fingerprint density at radius 1 is 1.03 bits per heavy atom. The van der Waals surface area contributed by atoms with Gasteiger partial charge < -0.3 is 14.4 Å². The van der Waals surface area contributed by atoms with Crippen molar-refractivity contribution in [1.82, 2.24) is 9.55 Å². The molecule has 2 aromatic heterocycles. The molecule has 0 bridgehead atoms. The highest BCUT2D eigenvalue weighted by molar-refractivity contribution is 14.1. The van der Waals surface area contributed by atoms with Gasteiger partial charge in [-0.3, -0.25) is 9.79 Å². The molecule has 0 fully saturated rings. The Morgan fingerprint density at radius 3 is 2.53 bits per heavy atom. The predicted octanol–water partition coefficient (Wildman–Crippen LogP) is 5.23. The van der Waals surface area contributed by atoms with Crippen molar-refractivity contribution in [2.75, 3.05) is 6.61 Å². The zero-order valence-electron chi connectivity index (χ0n) is 20.1. The standard InChI is InChI=1S/C29H26IN3O3/c1-18(2)36-27-9-8-23(16-31-27)29-25-13-19(6-7-22(25)15-32-29)20-10-11-33(28(35)14-20)26(17-34)21-4-3-5-24(30)12-21/h3-14,16,18,26,34H,15,17H2,1-2H3/t26-/m1/s1. The molecule has 2 aromatic carbocycles. The van der Waals surface area contributed by atoms with Gasteiger partial charge in [0.15, 0.2) is 0 Å². The molecule has 1 aliphatic heterocycles. The topological polar surface area (TPSA) is 76.7 Å². The van der Waals surface area contributed by atoms with E-state index in [9.17, 15) is 9.90 Å². The van der Waals surface area contributed by atoms with Crippen LogP contribution in [-0.2, 0) is 6.54 Å². The van der Waals surface area contributed by atoms with Crippen LogP contribution in [0.3, 0.4) is 0 Å². The Kier molecular flexibility index (Phi) is 7.02. The van der Waals surface area contributed by atoms with Crippen molar-refractivity contribution in [2.45, 2.75) is 32.5 Å². The van der Waals surface area contributed by atoms with Gasteiger partial charge in [-0.25, -0.2) is 4.98 Å². The number of nitrogens with zero attached hydrogens (tertiary/aromatic N) is 3. The molecule has 0 amide bonds. The molecule has 0 radical (unpaired) electrons. The molecule has 0 saturated heterocycles. The van der Waals surface area contributed by atoms with E-state index >= 15 is 0 Å². The molecular formula is C29H26IN3O3. The highest BCUT2D eigenvalue weighted by Gasteiger charge is 2.20. The Labute approximate surface area is 223 Å². The molecule has 1 N–H and O–H groups in total. The van der Waals surface area contributed by atoms with Gasteiger partial charge in [0.05, 0.1) is 31.0 Å². The third-order valence-corrected chi connectivity index (χ3v) is 6.83. The van der Waals surface area contributed by atoms with Gasteiger partial charge >= 0.3 is 0 Å². The van der Waals surface area contributed by atoms with Gasteiger partial charge in [-0.15, -0.1) is 0 Å². The zero-order chi connectivity index (χ0) is 25.2. The molecule has 1 atom stereocenters. The van der Waals surface area contributed by atoms with Gasteiger partial charge in [0.25, 0.3) is 5.56 Å². The zero-order valence-corrected chi connectivity index (χ0v) is 22.2. The number of aliphatic imine (C=N–C) groups is 1. The van der Waals surface area contributed by atoms with Gasteiger partial charge in [-0.1, -0.05) is 24.3 Å². The lowest BCUT2D eigenvalue weighted by Crippen LogP contribution is -2.26. The molecule has 1 aliphatic rings. The molecule has 0 unspecified atom stereocenters. The molecule has 0 spiro atoms. The molecule has 0 aliphatic carbocycles. The first kappa shape index (κ1) is 24.4. The maximum absolute atomic E-state index is 13.1. The Morgan fingerprint density at radius 2 is 1.83 bits per heavy atom. The smallest absolute Gasteiger partial charge is 0.251 e. The molecular weight excluding hydrogens is 565 g/mol. The molecule has 5 rings (SSSR count). The van der Waals surface area contributed by atoms with Crippen molar-refractivity contribution in [3.05, 3.63) is 115 Å². The minimum Gasteiger partial charge on any atom is -0.475 e. The van der Waals surface area contributed by atoms with E-state index in [0.29, 0.717) is 12.4 Å². The second-order valence-corrected chi connectivity index (χ2v) is 10.2. The molecule has 7 heteroatoms. The Hall–Kier alpha value is -3.30. The lowest BCUT2D eigenvalue weighted by Gasteiger charge is -2.19. The molecule has 0 saturated carbocycles. The highest BCUT2D eigenvalue weighted by Crippen LogP contribution is 2.29. The van der Waals surface area contributed by atoms with Gasteiger partial charge in [-0.2, -0.15) is 0 Å². The van der Waals surface area contributed by atoms with Gasteiger partial charge in [-0.05, 0) is 89.0 Å². The Balaban J connectivity index is 1.44. The summed E-state index contributed by atoms with van der Waals surface area (Å²) >= 11 is 2.23. The minimum atomic E-state index is -0.435. The van der Waals surface area contributed by atoms with Gasteiger partial charge in [0.2, 0.25) is 5.88 Å².